The third-order valence-corrected chi connectivity index (χ3v) is 4.44. The summed E-state index contributed by atoms with van der Waals surface area (Å²) in [6, 6.07) is 5.69. The summed E-state index contributed by atoms with van der Waals surface area (Å²) in [4.78, 5) is 17.2. The van der Waals surface area contributed by atoms with Gasteiger partial charge in [0.15, 0.2) is 5.82 Å². The van der Waals surface area contributed by atoms with Crippen LogP contribution < -0.4 is 5.32 Å². The summed E-state index contributed by atoms with van der Waals surface area (Å²) >= 11 is 0. The molecule has 1 aromatic heterocycles. The van der Waals surface area contributed by atoms with Crippen LogP contribution in [0.25, 0.3) is 0 Å². The molecule has 1 N–H and O–H groups in total. The van der Waals surface area contributed by atoms with Crippen LogP contribution in [-0.4, -0.2) is 29.3 Å². The van der Waals surface area contributed by atoms with Crippen molar-refractivity contribution in [2.45, 2.75) is 38.1 Å². The summed E-state index contributed by atoms with van der Waals surface area (Å²) in [7, 11) is 0. The zero-order chi connectivity index (χ0) is 17.2. The van der Waals surface area contributed by atoms with E-state index >= 15 is 0 Å². The van der Waals surface area contributed by atoms with Gasteiger partial charge < -0.3 is 14.6 Å². The number of nitrogens with one attached hydrogen (secondary N) is 1. The topological polar surface area (TPSA) is 77.2 Å². The van der Waals surface area contributed by atoms with Gasteiger partial charge in [-0.1, -0.05) is 17.3 Å². The van der Waals surface area contributed by atoms with Crippen LogP contribution in [0, 0.1) is 12.7 Å². The number of aryl methyl sites for hydroxylation is 1. The Hall–Kier alpha value is -2.28. The predicted molar refractivity (Wildman–Crippen MR) is 83.7 cm³/mol. The quantitative estimate of drug-likeness (QED) is 0.930. The molecule has 6 nitrogen and oxygen atoms in total. The van der Waals surface area contributed by atoms with Gasteiger partial charge in [-0.3, -0.25) is 4.79 Å². The van der Waals surface area contributed by atoms with Crippen LogP contribution in [0.4, 0.5) is 4.39 Å². The molecule has 24 heavy (non-hydrogen) atoms. The number of halogens is 1. The minimum Gasteiger partial charge on any atom is -0.381 e. The number of aromatic nitrogens is 2. The normalized spacial score (nSPS) is 18.1. The number of nitrogens with zero attached hydrogens (tertiary/aromatic N) is 2. The SMILES string of the molecule is Cc1noc(C(C)NC(=O)C2(c3ccc(F)cc3)CCOCC2)n1. The lowest BCUT2D eigenvalue weighted by Crippen LogP contribution is -2.48. The lowest BCUT2D eigenvalue weighted by molar-refractivity contribution is -0.131. The summed E-state index contributed by atoms with van der Waals surface area (Å²) in [5.74, 6) is 0.421. The fourth-order valence-corrected chi connectivity index (χ4v) is 3.02. The number of amides is 1. The lowest BCUT2D eigenvalue weighted by atomic mass is 9.73. The molecule has 1 unspecified atom stereocenters. The van der Waals surface area contributed by atoms with Gasteiger partial charge >= 0.3 is 0 Å². The van der Waals surface area contributed by atoms with Gasteiger partial charge in [0.05, 0.1) is 5.41 Å². The Balaban J connectivity index is 1.85. The highest BCUT2D eigenvalue weighted by Crippen LogP contribution is 2.36. The van der Waals surface area contributed by atoms with Crippen molar-refractivity contribution in [3.63, 3.8) is 0 Å². The van der Waals surface area contributed by atoms with E-state index < -0.39 is 11.5 Å². The second kappa shape index (κ2) is 6.68. The molecule has 0 saturated carbocycles. The van der Waals surface area contributed by atoms with Crippen molar-refractivity contribution in [3.8, 4) is 0 Å². The van der Waals surface area contributed by atoms with E-state index in [0.717, 1.165) is 5.56 Å². The second-order valence-corrected chi connectivity index (χ2v) is 6.08. The summed E-state index contributed by atoms with van der Waals surface area (Å²) in [6.45, 7) is 4.49. The van der Waals surface area contributed by atoms with Gasteiger partial charge in [-0.15, -0.1) is 0 Å². The first kappa shape index (κ1) is 16.6. The monoisotopic (exact) mass is 333 g/mol. The van der Waals surface area contributed by atoms with E-state index in [2.05, 4.69) is 15.5 Å². The Labute approximate surface area is 139 Å². The van der Waals surface area contributed by atoms with E-state index in [1.165, 1.54) is 12.1 Å². The summed E-state index contributed by atoms with van der Waals surface area (Å²) in [6.07, 6.45) is 1.08. The summed E-state index contributed by atoms with van der Waals surface area (Å²) in [5, 5.41) is 6.69. The Kier molecular flexibility index (Phi) is 4.62. The number of ether oxygens (including phenoxy) is 1. The minimum atomic E-state index is -0.741. The van der Waals surface area contributed by atoms with E-state index in [-0.39, 0.29) is 11.7 Å². The zero-order valence-corrected chi connectivity index (χ0v) is 13.7. The van der Waals surface area contributed by atoms with Gasteiger partial charge in [-0.05, 0) is 44.4 Å². The molecule has 1 saturated heterocycles. The van der Waals surface area contributed by atoms with Crippen LogP contribution in [0.2, 0.25) is 0 Å². The predicted octanol–water partition coefficient (Wildman–Crippen LogP) is 2.44. The van der Waals surface area contributed by atoms with Gasteiger partial charge in [-0.25, -0.2) is 4.39 Å². The number of hydrogen-bond donors (Lipinski definition) is 1. The highest BCUT2D eigenvalue weighted by molar-refractivity contribution is 5.88. The highest BCUT2D eigenvalue weighted by Gasteiger charge is 2.42. The van der Waals surface area contributed by atoms with E-state index in [9.17, 15) is 9.18 Å². The molecule has 0 spiro atoms. The van der Waals surface area contributed by atoms with E-state index in [1.807, 2.05) is 0 Å². The molecule has 1 aromatic carbocycles. The van der Waals surface area contributed by atoms with Gasteiger partial charge in [0.1, 0.15) is 11.9 Å². The standard InChI is InChI=1S/C17H20FN3O3/c1-11(15-20-12(2)21-24-15)19-16(22)17(7-9-23-10-8-17)13-3-5-14(18)6-4-13/h3-6,11H,7-10H2,1-2H3,(H,19,22). The second-order valence-electron chi connectivity index (χ2n) is 6.08. The van der Waals surface area contributed by atoms with Crippen LogP contribution in [0.5, 0.6) is 0 Å². The fraction of sp³-hybridized carbons (Fsp3) is 0.471. The molecular formula is C17H20FN3O3. The Morgan fingerprint density at radius 1 is 1.29 bits per heavy atom. The van der Waals surface area contributed by atoms with Crippen LogP contribution >= 0.6 is 0 Å². The first-order chi connectivity index (χ1) is 11.5. The first-order valence-electron chi connectivity index (χ1n) is 7.96. The maximum absolute atomic E-state index is 13.3. The van der Waals surface area contributed by atoms with Crippen LogP contribution in [0.3, 0.4) is 0 Å². The number of carbonyl (C=O) groups is 1. The summed E-state index contributed by atoms with van der Waals surface area (Å²) in [5.41, 5.74) is 0.0496. The van der Waals surface area contributed by atoms with Crippen molar-refractivity contribution < 1.29 is 18.4 Å². The molecule has 1 aliphatic rings. The third-order valence-electron chi connectivity index (χ3n) is 4.44. The van der Waals surface area contributed by atoms with E-state index in [0.29, 0.717) is 37.8 Å². The number of hydrogen-bond acceptors (Lipinski definition) is 5. The van der Waals surface area contributed by atoms with Crippen LogP contribution in [0.15, 0.2) is 28.8 Å². The highest BCUT2D eigenvalue weighted by atomic mass is 19.1. The maximum atomic E-state index is 13.3. The zero-order valence-electron chi connectivity index (χ0n) is 13.7. The molecule has 1 amide bonds. The molecule has 0 bridgehead atoms. The molecule has 2 aromatic rings. The molecule has 1 fully saturated rings. The third kappa shape index (κ3) is 3.17. The van der Waals surface area contributed by atoms with Gasteiger partial charge in [0, 0.05) is 13.2 Å². The van der Waals surface area contributed by atoms with E-state index in [1.54, 1.807) is 26.0 Å². The van der Waals surface area contributed by atoms with Gasteiger partial charge in [0.2, 0.25) is 11.8 Å². The smallest absolute Gasteiger partial charge is 0.248 e. The fourth-order valence-electron chi connectivity index (χ4n) is 3.02. The lowest BCUT2D eigenvalue weighted by Gasteiger charge is -2.36. The van der Waals surface area contributed by atoms with Crippen LogP contribution in [-0.2, 0) is 14.9 Å². The van der Waals surface area contributed by atoms with Crippen molar-refractivity contribution in [2.75, 3.05) is 13.2 Å². The largest absolute Gasteiger partial charge is 0.381 e. The molecule has 0 radical (unpaired) electrons. The number of carbonyl (C=O) groups excluding carboxylic acids is 1. The molecule has 128 valence electrons. The Bertz CT molecular complexity index is 708. The van der Waals surface area contributed by atoms with Crippen molar-refractivity contribution >= 4 is 5.91 Å². The molecule has 1 aliphatic heterocycles. The Morgan fingerprint density at radius 2 is 1.96 bits per heavy atom. The number of benzene rings is 1. The average molecular weight is 333 g/mol. The maximum Gasteiger partial charge on any atom is 0.248 e. The van der Waals surface area contributed by atoms with Gasteiger partial charge in [-0.2, -0.15) is 4.98 Å². The van der Waals surface area contributed by atoms with Gasteiger partial charge in [0.25, 0.3) is 0 Å². The molecule has 0 aliphatic carbocycles. The van der Waals surface area contributed by atoms with E-state index in [4.69, 9.17) is 9.26 Å². The molecule has 2 heterocycles. The number of rotatable bonds is 4. The molecule has 3 rings (SSSR count). The Morgan fingerprint density at radius 3 is 2.54 bits per heavy atom. The average Bonchev–Trinajstić information content (AvgIpc) is 3.02. The summed E-state index contributed by atoms with van der Waals surface area (Å²) < 4.78 is 23.8. The van der Waals surface area contributed by atoms with Crippen molar-refractivity contribution in [1.82, 2.24) is 15.5 Å². The molecular weight excluding hydrogens is 313 g/mol. The minimum absolute atomic E-state index is 0.138. The first-order valence-corrected chi connectivity index (χ1v) is 7.96. The van der Waals surface area contributed by atoms with Crippen molar-refractivity contribution in [1.29, 1.82) is 0 Å². The molecule has 1 atom stereocenters. The van der Waals surface area contributed by atoms with Crippen molar-refractivity contribution in [2.24, 2.45) is 0 Å². The molecule has 7 heteroatoms. The van der Waals surface area contributed by atoms with Crippen molar-refractivity contribution in [3.05, 3.63) is 47.4 Å². The van der Waals surface area contributed by atoms with Crippen LogP contribution in [0.1, 0.15) is 43.1 Å².